The highest BCUT2D eigenvalue weighted by atomic mass is 32.1. The number of para-hydroxylation sites is 1. The number of hydrogen-bond acceptors (Lipinski definition) is 2. The molecule has 0 unspecified atom stereocenters. The summed E-state index contributed by atoms with van der Waals surface area (Å²) in [4.78, 5) is 0. The standard InChI is InChI=1S/C60H46N2OS/c1-35-26-37(3)59(38(4)27-35)41-16-21-53-48(30-41)50-33-45(19-23-55(50)61(53)43-12-8-7-9-13-43)63-46-20-24-56-51(34-46)49-31-42(60-39(5)28-36(2)29-40(60)6)17-22-54(49)62(56)44-18-25-58-52(32-44)47-14-10-11-15-57(47)64-58/h7-34H,1-6H3. The lowest BCUT2D eigenvalue weighted by Crippen LogP contribution is -1.94. The maximum Gasteiger partial charge on any atom is 0.128 e. The Kier molecular flexibility index (Phi) is 8.73. The molecule has 0 radical (unpaired) electrons. The van der Waals surface area contributed by atoms with Gasteiger partial charge in [-0.05, 0) is 183 Å². The molecule has 0 N–H and O–H groups in total. The van der Waals surface area contributed by atoms with E-state index in [1.165, 1.54) is 97.6 Å². The summed E-state index contributed by atoms with van der Waals surface area (Å²) in [6, 6.07) is 62.6. The number of aromatic nitrogens is 2. The van der Waals surface area contributed by atoms with Crippen molar-refractivity contribution in [2.24, 2.45) is 0 Å². The molecule has 0 bridgehead atoms. The summed E-state index contributed by atoms with van der Waals surface area (Å²) in [6.07, 6.45) is 0. The Balaban J connectivity index is 1.03. The minimum absolute atomic E-state index is 0.802. The van der Waals surface area contributed by atoms with Crippen molar-refractivity contribution in [2.45, 2.75) is 41.5 Å². The van der Waals surface area contributed by atoms with E-state index >= 15 is 0 Å². The molecule has 4 heteroatoms. The summed E-state index contributed by atoms with van der Waals surface area (Å²) < 4.78 is 14.3. The highest BCUT2D eigenvalue weighted by molar-refractivity contribution is 7.25. The number of ether oxygens (including phenoxy) is 1. The van der Waals surface area contributed by atoms with Gasteiger partial charge in [0.05, 0.1) is 22.1 Å². The molecule has 0 amide bonds. The lowest BCUT2D eigenvalue weighted by atomic mass is 9.93. The zero-order valence-corrected chi connectivity index (χ0v) is 37.7. The smallest absolute Gasteiger partial charge is 0.128 e. The van der Waals surface area contributed by atoms with Crippen LogP contribution in [-0.4, -0.2) is 9.13 Å². The zero-order chi connectivity index (χ0) is 43.4. The summed E-state index contributed by atoms with van der Waals surface area (Å²) in [5, 5.41) is 7.29. The Hall–Kier alpha value is -7.40. The minimum atomic E-state index is 0.802. The molecule has 0 atom stereocenters. The molecule has 0 aliphatic heterocycles. The summed E-state index contributed by atoms with van der Waals surface area (Å²) in [5.41, 5.74) is 19.7. The molecule has 308 valence electrons. The van der Waals surface area contributed by atoms with Crippen molar-refractivity contribution in [3.8, 4) is 45.1 Å². The normalized spacial score (nSPS) is 11.9. The molecule has 0 aliphatic rings. The van der Waals surface area contributed by atoms with E-state index in [9.17, 15) is 0 Å². The summed E-state index contributed by atoms with van der Waals surface area (Å²) in [5.74, 6) is 1.61. The monoisotopic (exact) mass is 842 g/mol. The first-order valence-electron chi connectivity index (χ1n) is 22.1. The molecule has 12 rings (SSSR count). The van der Waals surface area contributed by atoms with Crippen LogP contribution in [0.1, 0.15) is 33.4 Å². The van der Waals surface area contributed by atoms with Gasteiger partial charge in [0, 0.05) is 53.1 Å². The van der Waals surface area contributed by atoms with Crippen LogP contribution < -0.4 is 4.74 Å². The maximum atomic E-state index is 6.93. The van der Waals surface area contributed by atoms with Crippen LogP contribution in [0.25, 0.3) is 97.4 Å². The van der Waals surface area contributed by atoms with E-state index in [1.54, 1.807) is 0 Å². The van der Waals surface area contributed by atoms with Gasteiger partial charge in [-0.1, -0.05) is 83.9 Å². The van der Waals surface area contributed by atoms with Gasteiger partial charge in [-0.3, -0.25) is 0 Å². The molecular formula is C60H46N2OS. The molecule has 3 aromatic heterocycles. The third-order valence-electron chi connectivity index (χ3n) is 13.3. The Morgan fingerprint density at radius 1 is 0.344 bits per heavy atom. The van der Waals surface area contributed by atoms with Crippen LogP contribution in [0.2, 0.25) is 0 Å². The number of rotatable bonds is 6. The fourth-order valence-corrected chi connectivity index (χ4v) is 11.9. The van der Waals surface area contributed by atoms with Crippen LogP contribution in [0.15, 0.2) is 170 Å². The molecule has 3 heterocycles. The molecule has 9 aromatic carbocycles. The Labute approximate surface area is 377 Å². The van der Waals surface area contributed by atoms with Crippen LogP contribution >= 0.6 is 11.3 Å². The fourth-order valence-electron chi connectivity index (χ4n) is 10.8. The van der Waals surface area contributed by atoms with Crippen molar-refractivity contribution in [1.82, 2.24) is 9.13 Å². The van der Waals surface area contributed by atoms with Gasteiger partial charge in [-0.2, -0.15) is 0 Å². The van der Waals surface area contributed by atoms with Crippen molar-refractivity contribution in [1.29, 1.82) is 0 Å². The van der Waals surface area contributed by atoms with Crippen molar-refractivity contribution >= 4 is 75.1 Å². The number of hydrogen-bond donors (Lipinski definition) is 0. The lowest BCUT2D eigenvalue weighted by Gasteiger charge is -2.13. The molecule has 3 nitrogen and oxygen atoms in total. The third kappa shape index (κ3) is 6.08. The van der Waals surface area contributed by atoms with Crippen LogP contribution in [0, 0.1) is 41.5 Å². The van der Waals surface area contributed by atoms with E-state index in [2.05, 4.69) is 221 Å². The van der Waals surface area contributed by atoms with Gasteiger partial charge in [0.25, 0.3) is 0 Å². The summed E-state index contributed by atoms with van der Waals surface area (Å²) in [7, 11) is 0. The Morgan fingerprint density at radius 3 is 1.34 bits per heavy atom. The first-order chi connectivity index (χ1) is 31.2. The first kappa shape index (κ1) is 38.3. The fraction of sp³-hybridized carbons (Fsp3) is 0.100. The predicted octanol–water partition coefficient (Wildman–Crippen LogP) is 17.2. The average molecular weight is 843 g/mol. The minimum Gasteiger partial charge on any atom is -0.457 e. The van der Waals surface area contributed by atoms with E-state index < -0.39 is 0 Å². The number of aryl methyl sites for hydroxylation is 6. The number of benzene rings is 9. The van der Waals surface area contributed by atoms with Crippen molar-refractivity contribution in [3.05, 3.63) is 203 Å². The Morgan fingerprint density at radius 2 is 0.797 bits per heavy atom. The molecular weight excluding hydrogens is 797 g/mol. The van der Waals surface area contributed by atoms with E-state index in [-0.39, 0.29) is 0 Å². The molecule has 0 saturated carbocycles. The molecule has 0 saturated heterocycles. The second-order valence-corrected chi connectivity index (χ2v) is 18.8. The molecule has 0 spiro atoms. The number of thiophene rings is 1. The highest BCUT2D eigenvalue weighted by Gasteiger charge is 2.19. The second-order valence-electron chi connectivity index (χ2n) is 17.8. The SMILES string of the molecule is Cc1cc(C)c(-c2ccc3c(c2)c2cc(Oc4ccc5c(c4)c4cc(-c6c(C)cc(C)cc6C)ccc4n5-c4ccc5sc6ccccc6c5c4)ccc2n3-c2ccccc2)c(C)c1. The molecule has 0 fully saturated rings. The van der Waals surface area contributed by atoms with Crippen molar-refractivity contribution in [3.63, 3.8) is 0 Å². The summed E-state index contributed by atoms with van der Waals surface area (Å²) in [6.45, 7) is 13.3. The van der Waals surface area contributed by atoms with Gasteiger partial charge in [0.1, 0.15) is 11.5 Å². The summed E-state index contributed by atoms with van der Waals surface area (Å²) >= 11 is 1.86. The first-order valence-corrected chi connectivity index (χ1v) is 23.0. The number of nitrogens with zero attached hydrogens (tertiary/aromatic N) is 2. The molecule has 64 heavy (non-hydrogen) atoms. The predicted molar refractivity (Wildman–Crippen MR) is 274 cm³/mol. The zero-order valence-electron chi connectivity index (χ0n) is 36.9. The van der Waals surface area contributed by atoms with E-state index in [0.29, 0.717) is 0 Å². The third-order valence-corrected chi connectivity index (χ3v) is 14.4. The van der Waals surface area contributed by atoms with Crippen molar-refractivity contribution < 1.29 is 4.74 Å². The van der Waals surface area contributed by atoms with Crippen molar-refractivity contribution in [2.75, 3.05) is 0 Å². The van der Waals surface area contributed by atoms with Gasteiger partial charge in [-0.15, -0.1) is 11.3 Å². The van der Waals surface area contributed by atoms with E-state index in [0.717, 1.165) is 44.7 Å². The van der Waals surface area contributed by atoms with Crippen LogP contribution in [-0.2, 0) is 0 Å². The second kappa shape index (κ2) is 14.6. The maximum absolute atomic E-state index is 6.93. The van der Waals surface area contributed by atoms with E-state index in [4.69, 9.17) is 4.74 Å². The van der Waals surface area contributed by atoms with Crippen LogP contribution in [0.4, 0.5) is 0 Å². The van der Waals surface area contributed by atoms with Crippen LogP contribution in [0.3, 0.4) is 0 Å². The average Bonchev–Trinajstić information content (AvgIpc) is 3.93. The lowest BCUT2D eigenvalue weighted by molar-refractivity contribution is 0.484. The van der Waals surface area contributed by atoms with Gasteiger partial charge in [0.15, 0.2) is 0 Å². The van der Waals surface area contributed by atoms with Gasteiger partial charge < -0.3 is 13.9 Å². The van der Waals surface area contributed by atoms with Crippen LogP contribution in [0.5, 0.6) is 11.5 Å². The number of fused-ring (bicyclic) bond motifs is 9. The Bertz CT molecular complexity index is 3830. The molecule has 12 aromatic rings. The van der Waals surface area contributed by atoms with Gasteiger partial charge >= 0.3 is 0 Å². The highest BCUT2D eigenvalue weighted by Crippen LogP contribution is 2.43. The topological polar surface area (TPSA) is 19.1 Å². The van der Waals surface area contributed by atoms with Gasteiger partial charge in [-0.25, -0.2) is 0 Å². The van der Waals surface area contributed by atoms with Gasteiger partial charge in [0.2, 0.25) is 0 Å². The van der Waals surface area contributed by atoms with E-state index in [1.807, 2.05) is 11.3 Å². The quantitative estimate of drug-likeness (QED) is 0.163. The molecule has 0 aliphatic carbocycles. The largest absolute Gasteiger partial charge is 0.457 e.